The highest BCUT2D eigenvalue weighted by Gasteiger charge is 2.55. The van der Waals surface area contributed by atoms with Crippen LogP contribution in [0.25, 0.3) is 0 Å². The molecular weight excluding hydrogens is 343 g/mol. The summed E-state index contributed by atoms with van der Waals surface area (Å²) in [5, 5.41) is 0. The minimum Gasteiger partial charge on any atom is -0.438 e. The van der Waals surface area contributed by atoms with Gasteiger partial charge < -0.3 is 9.47 Å². The molecule has 0 aromatic heterocycles. The number of halogens is 1. The van der Waals surface area contributed by atoms with Gasteiger partial charge in [0.05, 0.1) is 7.11 Å². The van der Waals surface area contributed by atoms with Crippen molar-refractivity contribution in [2.24, 2.45) is 23.2 Å². The summed E-state index contributed by atoms with van der Waals surface area (Å²) in [5.74, 6) is 2.28. The Morgan fingerprint density at radius 1 is 1.28 bits per heavy atom. The molecule has 0 heterocycles. The summed E-state index contributed by atoms with van der Waals surface area (Å²) < 4.78 is 11.5. The Labute approximate surface area is 122 Å². The van der Waals surface area contributed by atoms with Crippen LogP contribution in [0.2, 0.25) is 0 Å². The van der Waals surface area contributed by atoms with Gasteiger partial charge in [-0.3, -0.25) is 0 Å². The van der Waals surface area contributed by atoms with Crippen LogP contribution in [-0.2, 0) is 9.47 Å². The average Bonchev–Trinajstić information content (AvgIpc) is 2.36. The number of fused-ring (bicyclic) bond motifs is 2. The Morgan fingerprint density at radius 3 is 2.78 bits per heavy atom. The molecule has 0 amide bonds. The van der Waals surface area contributed by atoms with Crippen molar-refractivity contribution in [1.29, 1.82) is 0 Å². The zero-order valence-corrected chi connectivity index (χ0v) is 13.0. The Balaban J connectivity index is 1.83. The molecule has 5 atom stereocenters. The molecule has 102 valence electrons. The first-order valence-corrected chi connectivity index (χ1v) is 8.50. The van der Waals surface area contributed by atoms with E-state index in [4.69, 9.17) is 4.74 Å². The molecule has 3 rings (SSSR count). The van der Waals surface area contributed by atoms with Crippen molar-refractivity contribution in [3.63, 3.8) is 0 Å². The van der Waals surface area contributed by atoms with E-state index in [2.05, 4.69) is 27.3 Å². The van der Waals surface area contributed by atoms with Crippen molar-refractivity contribution in [3.05, 3.63) is 0 Å². The molecule has 4 heteroatoms. The second kappa shape index (κ2) is 4.84. The normalized spacial score (nSPS) is 45.7. The number of alkyl halides is 1. The first-order chi connectivity index (χ1) is 8.66. The van der Waals surface area contributed by atoms with Crippen molar-refractivity contribution in [2.45, 2.75) is 44.6 Å². The predicted molar refractivity (Wildman–Crippen MR) is 76.8 cm³/mol. The minimum atomic E-state index is -0.495. The van der Waals surface area contributed by atoms with Gasteiger partial charge in [-0.15, -0.1) is 0 Å². The third-order valence-electron chi connectivity index (χ3n) is 5.42. The molecule has 3 aliphatic rings. The molecule has 3 nitrogen and oxygen atoms in total. The van der Waals surface area contributed by atoms with Crippen LogP contribution in [0.15, 0.2) is 0 Å². The van der Waals surface area contributed by atoms with Crippen LogP contribution in [0.1, 0.15) is 38.5 Å². The van der Waals surface area contributed by atoms with Crippen LogP contribution in [0, 0.1) is 23.2 Å². The number of rotatable bonds is 2. The van der Waals surface area contributed by atoms with E-state index >= 15 is 0 Å². The van der Waals surface area contributed by atoms with Crippen molar-refractivity contribution >= 4 is 28.7 Å². The van der Waals surface area contributed by atoms with Gasteiger partial charge >= 0.3 is 6.16 Å². The van der Waals surface area contributed by atoms with Crippen LogP contribution < -0.4 is 0 Å². The van der Waals surface area contributed by atoms with Gasteiger partial charge in [0.15, 0.2) is 0 Å². The molecule has 0 spiro atoms. The zero-order chi connectivity index (χ0) is 12.8. The summed E-state index contributed by atoms with van der Waals surface area (Å²) in [5.41, 5.74) is 0.448. The van der Waals surface area contributed by atoms with Gasteiger partial charge in [0, 0.05) is 10.3 Å². The maximum Gasteiger partial charge on any atom is 0.508 e. The molecule has 3 saturated carbocycles. The Morgan fingerprint density at radius 2 is 2.06 bits per heavy atom. The first-order valence-electron chi connectivity index (χ1n) is 6.97. The number of carbonyl (C=O) groups is 1. The number of ether oxygens (including phenoxy) is 2. The summed E-state index contributed by atoms with van der Waals surface area (Å²) in [4.78, 5) is 11.4. The summed E-state index contributed by atoms with van der Waals surface area (Å²) in [6, 6.07) is 0. The fraction of sp³-hybridized carbons (Fsp3) is 0.929. The molecule has 0 aliphatic heterocycles. The number of carbonyl (C=O) groups excluding carboxylic acids is 1. The summed E-state index contributed by atoms with van der Waals surface area (Å²) in [6.07, 6.45) is 7.32. The maximum atomic E-state index is 11.4. The highest BCUT2D eigenvalue weighted by molar-refractivity contribution is 14.1. The van der Waals surface area contributed by atoms with Gasteiger partial charge in [-0.05, 0) is 55.8 Å². The van der Waals surface area contributed by atoms with Crippen LogP contribution in [0.5, 0.6) is 0 Å². The highest BCUT2D eigenvalue weighted by Crippen LogP contribution is 2.60. The SMILES string of the molecule is COC(=O)OC1CC2CC3CCC1C(CI)(C3)C2. The van der Waals surface area contributed by atoms with E-state index in [1.165, 1.54) is 43.6 Å². The van der Waals surface area contributed by atoms with Crippen LogP contribution in [0.3, 0.4) is 0 Å². The summed E-state index contributed by atoms with van der Waals surface area (Å²) >= 11 is 2.54. The van der Waals surface area contributed by atoms with Gasteiger partial charge in [0.1, 0.15) is 6.10 Å². The fourth-order valence-electron chi connectivity index (χ4n) is 4.88. The smallest absolute Gasteiger partial charge is 0.438 e. The quantitative estimate of drug-likeness (QED) is 0.425. The molecule has 0 radical (unpaired) electrons. The van der Waals surface area contributed by atoms with Crippen LogP contribution in [-0.4, -0.2) is 23.8 Å². The van der Waals surface area contributed by atoms with E-state index in [1.54, 1.807) is 0 Å². The maximum absolute atomic E-state index is 11.4. The molecule has 18 heavy (non-hydrogen) atoms. The minimum absolute atomic E-state index is 0.104. The average molecular weight is 364 g/mol. The van der Waals surface area contributed by atoms with Crippen molar-refractivity contribution in [2.75, 3.05) is 11.5 Å². The lowest BCUT2D eigenvalue weighted by molar-refractivity contribution is -0.121. The first kappa shape index (κ1) is 13.0. The van der Waals surface area contributed by atoms with Gasteiger partial charge in [-0.2, -0.15) is 0 Å². The lowest BCUT2D eigenvalue weighted by atomic mass is 9.49. The van der Waals surface area contributed by atoms with E-state index in [9.17, 15) is 4.79 Å². The molecule has 3 aliphatic carbocycles. The lowest BCUT2D eigenvalue weighted by Gasteiger charge is -2.58. The third-order valence-corrected chi connectivity index (χ3v) is 6.94. The number of hydrogen-bond donors (Lipinski definition) is 0. The molecule has 0 aromatic carbocycles. The second-order valence-corrected chi connectivity index (χ2v) is 7.16. The predicted octanol–water partition coefficient (Wildman–Crippen LogP) is 3.79. The van der Waals surface area contributed by atoms with Gasteiger partial charge in [-0.1, -0.05) is 22.6 Å². The van der Waals surface area contributed by atoms with Gasteiger partial charge in [-0.25, -0.2) is 4.79 Å². The monoisotopic (exact) mass is 364 g/mol. The summed E-state index contributed by atoms with van der Waals surface area (Å²) in [6.45, 7) is 0. The van der Waals surface area contributed by atoms with E-state index in [-0.39, 0.29) is 6.10 Å². The number of methoxy groups -OCH3 is 1. The Kier molecular flexibility index (Phi) is 3.49. The van der Waals surface area contributed by atoms with E-state index in [0.717, 1.165) is 18.3 Å². The fourth-order valence-corrected chi connectivity index (χ4v) is 6.07. The largest absolute Gasteiger partial charge is 0.508 e. The van der Waals surface area contributed by atoms with Crippen molar-refractivity contribution < 1.29 is 14.3 Å². The molecular formula is C14H21IO3. The van der Waals surface area contributed by atoms with Gasteiger partial charge in [0.25, 0.3) is 0 Å². The molecule has 0 saturated heterocycles. The molecule has 0 N–H and O–H groups in total. The Bertz CT molecular complexity index is 342. The standard InChI is InChI=1S/C14H21IO3/c1-17-13(16)18-12-5-10-4-9-2-3-11(12)14(6-9,7-10)8-15/h9-12H,2-8H2,1H3. The van der Waals surface area contributed by atoms with E-state index < -0.39 is 6.16 Å². The zero-order valence-electron chi connectivity index (χ0n) is 10.9. The van der Waals surface area contributed by atoms with E-state index in [1.807, 2.05) is 0 Å². The summed E-state index contributed by atoms with van der Waals surface area (Å²) in [7, 11) is 1.40. The van der Waals surface area contributed by atoms with E-state index in [0.29, 0.717) is 11.3 Å². The third kappa shape index (κ3) is 2.04. The second-order valence-electron chi connectivity index (χ2n) is 6.40. The van der Waals surface area contributed by atoms with Crippen LogP contribution in [0.4, 0.5) is 4.79 Å². The lowest BCUT2D eigenvalue weighted by Crippen LogP contribution is -2.54. The molecule has 3 fully saturated rings. The van der Waals surface area contributed by atoms with Crippen molar-refractivity contribution in [3.8, 4) is 0 Å². The topological polar surface area (TPSA) is 35.5 Å². The number of hydrogen-bond acceptors (Lipinski definition) is 3. The molecule has 0 aromatic rings. The molecule has 5 unspecified atom stereocenters. The highest BCUT2D eigenvalue weighted by atomic mass is 127. The van der Waals surface area contributed by atoms with Crippen molar-refractivity contribution in [1.82, 2.24) is 0 Å². The van der Waals surface area contributed by atoms with Gasteiger partial charge in [0.2, 0.25) is 0 Å². The Hall–Kier alpha value is 0. The van der Waals surface area contributed by atoms with Crippen LogP contribution >= 0.6 is 22.6 Å². The molecule has 3 bridgehead atoms.